The van der Waals surface area contributed by atoms with Crippen molar-refractivity contribution < 1.29 is 14.0 Å². The SMILES string of the molecule is CCCCCCN1CC=C(c2c[nH]c3ccc(NC(=O)c4ccsc4)cc23)CC1.CCN1CC=C(c2c[nH]c3ccc(NC(=O)c4ccco4)cc23)CC1. The van der Waals surface area contributed by atoms with Gasteiger partial charge in [0.2, 0.25) is 0 Å². The van der Waals surface area contributed by atoms with Crippen LogP contribution >= 0.6 is 11.3 Å². The third-order valence-electron chi connectivity index (χ3n) is 10.5. The number of benzene rings is 2. The second-order valence-corrected chi connectivity index (χ2v) is 14.8. The van der Waals surface area contributed by atoms with E-state index >= 15 is 0 Å². The number of carbonyl (C=O) groups is 2. The summed E-state index contributed by atoms with van der Waals surface area (Å²) >= 11 is 1.53. The molecule has 8 rings (SSSR count). The van der Waals surface area contributed by atoms with E-state index in [0.717, 1.165) is 73.4 Å². The number of thiophene rings is 1. The molecule has 280 valence electrons. The molecule has 6 aromatic rings. The number of H-pyrrole nitrogens is 2. The number of furan rings is 1. The van der Waals surface area contributed by atoms with Gasteiger partial charge in [0.15, 0.2) is 5.76 Å². The average Bonchev–Trinajstić information content (AvgIpc) is 4.05. The van der Waals surface area contributed by atoms with Gasteiger partial charge in [-0.05, 0) is 103 Å². The van der Waals surface area contributed by atoms with Gasteiger partial charge >= 0.3 is 0 Å². The Hall–Kier alpha value is -5.16. The number of nitrogens with one attached hydrogen (secondary N) is 4. The lowest BCUT2D eigenvalue weighted by atomic mass is 9.98. The lowest BCUT2D eigenvalue weighted by molar-refractivity contribution is 0.0994. The molecule has 2 aliphatic heterocycles. The fourth-order valence-corrected chi connectivity index (χ4v) is 7.93. The Balaban J connectivity index is 0.000000168. The Morgan fingerprint density at radius 1 is 0.778 bits per heavy atom. The first-order valence-electron chi connectivity index (χ1n) is 19.2. The zero-order chi connectivity index (χ0) is 37.3. The summed E-state index contributed by atoms with van der Waals surface area (Å²) < 4.78 is 5.15. The van der Waals surface area contributed by atoms with Gasteiger partial charge in [-0.2, -0.15) is 11.3 Å². The summed E-state index contributed by atoms with van der Waals surface area (Å²) in [6.45, 7) is 11.0. The summed E-state index contributed by atoms with van der Waals surface area (Å²) in [5.41, 5.74) is 9.74. The monoisotopic (exact) mass is 742 g/mol. The Bertz CT molecular complexity index is 2230. The van der Waals surface area contributed by atoms with Gasteiger partial charge in [-0.3, -0.25) is 19.4 Å². The Morgan fingerprint density at radius 3 is 1.96 bits per heavy atom. The smallest absolute Gasteiger partial charge is 0.291 e. The van der Waals surface area contributed by atoms with Gasteiger partial charge in [-0.15, -0.1) is 0 Å². The topological polar surface area (TPSA) is 109 Å². The summed E-state index contributed by atoms with van der Waals surface area (Å²) in [6, 6.07) is 17.2. The molecule has 2 aromatic carbocycles. The van der Waals surface area contributed by atoms with Crippen molar-refractivity contribution in [1.82, 2.24) is 19.8 Å². The number of amides is 2. The molecule has 0 radical (unpaired) electrons. The van der Waals surface area contributed by atoms with E-state index in [4.69, 9.17) is 4.42 Å². The first-order chi connectivity index (χ1) is 26.5. The van der Waals surface area contributed by atoms with Crippen molar-refractivity contribution in [2.45, 2.75) is 52.4 Å². The molecule has 0 aliphatic carbocycles. The Morgan fingerprint density at radius 2 is 1.43 bits per heavy atom. The molecule has 10 heteroatoms. The van der Waals surface area contributed by atoms with Crippen molar-refractivity contribution in [3.8, 4) is 0 Å². The number of likely N-dealkylation sites (N-methyl/N-ethyl adjacent to an activating group) is 1. The molecule has 0 bridgehead atoms. The molecule has 0 unspecified atom stereocenters. The molecule has 0 atom stereocenters. The minimum Gasteiger partial charge on any atom is -0.459 e. The Kier molecular flexibility index (Phi) is 12.2. The highest BCUT2D eigenvalue weighted by Crippen LogP contribution is 2.33. The highest BCUT2D eigenvalue weighted by Gasteiger charge is 2.18. The number of aromatic amines is 2. The standard InChI is InChI=1S/C24H29N3OS.C20H21N3O2/c1-2-3-4-5-11-27-12-8-18(9-13-27)22-16-25-23-7-6-20(15-21(22)23)26-24(28)19-10-14-29-17-19;1-2-23-9-7-14(8-10-23)17-13-21-18-6-5-15(12-16(17)18)22-20(24)19-4-3-11-25-19/h6-8,10,14-17,25H,2-5,9,11-13H2,1H3,(H,26,28);3-7,11-13,21H,2,8-10H2,1H3,(H,22,24). The minimum atomic E-state index is -0.239. The van der Waals surface area contributed by atoms with Crippen LogP contribution in [0.5, 0.6) is 0 Å². The molecule has 4 N–H and O–H groups in total. The number of hydrogen-bond donors (Lipinski definition) is 4. The minimum absolute atomic E-state index is 0.0571. The third kappa shape index (κ3) is 8.95. The van der Waals surface area contributed by atoms with Crippen LogP contribution in [0.25, 0.3) is 33.0 Å². The molecule has 54 heavy (non-hydrogen) atoms. The van der Waals surface area contributed by atoms with Gasteiger partial charge in [0, 0.05) is 88.3 Å². The first-order valence-corrected chi connectivity index (χ1v) is 20.2. The summed E-state index contributed by atoms with van der Waals surface area (Å²) in [7, 11) is 0. The number of rotatable bonds is 12. The summed E-state index contributed by atoms with van der Waals surface area (Å²) in [4.78, 5) is 36.2. The fourth-order valence-electron chi connectivity index (χ4n) is 7.29. The first kappa shape index (κ1) is 37.2. The van der Waals surface area contributed by atoms with Crippen LogP contribution in [0.3, 0.4) is 0 Å². The molecule has 9 nitrogen and oxygen atoms in total. The predicted octanol–water partition coefficient (Wildman–Crippen LogP) is 10.3. The van der Waals surface area contributed by atoms with Crippen LogP contribution in [0.1, 0.15) is 84.4 Å². The van der Waals surface area contributed by atoms with Crippen LogP contribution in [-0.4, -0.2) is 70.9 Å². The van der Waals surface area contributed by atoms with Gasteiger partial charge < -0.3 is 25.0 Å². The number of anilines is 2. The zero-order valence-corrected chi connectivity index (χ0v) is 32.1. The molecule has 0 spiro atoms. The average molecular weight is 743 g/mol. The molecular weight excluding hydrogens is 693 g/mol. The maximum Gasteiger partial charge on any atom is 0.291 e. The normalized spacial score (nSPS) is 15.1. The largest absolute Gasteiger partial charge is 0.459 e. The van der Waals surface area contributed by atoms with Crippen LogP contribution in [0.2, 0.25) is 0 Å². The number of unbranched alkanes of at least 4 members (excludes halogenated alkanes) is 3. The third-order valence-corrected chi connectivity index (χ3v) is 11.1. The molecule has 0 saturated carbocycles. The maximum atomic E-state index is 12.4. The van der Waals surface area contributed by atoms with Gasteiger partial charge in [-0.1, -0.05) is 45.3 Å². The maximum absolute atomic E-state index is 12.4. The molecule has 2 amide bonds. The van der Waals surface area contributed by atoms with Gasteiger partial charge in [-0.25, -0.2) is 0 Å². The van der Waals surface area contributed by atoms with E-state index in [-0.39, 0.29) is 11.8 Å². The Labute approximate surface area is 321 Å². The number of hydrogen-bond acceptors (Lipinski definition) is 6. The summed E-state index contributed by atoms with van der Waals surface area (Å²) in [6.07, 6.45) is 17.8. The summed E-state index contributed by atoms with van der Waals surface area (Å²) in [5.74, 6) is 0.0132. The zero-order valence-electron chi connectivity index (χ0n) is 31.3. The van der Waals surface area contributed by atoms with Crippen molar-refractivity contribution in [2.24, 2.45) is 0 Å². The van der Waals surface area contributed by atoms with E-state index in [1.165, 1.54) is 77.5 Å². The lowest BCUT2D eigenvalue weighted by Gasteiger charge is -2.26. The molecule has 4 aromatic heterocycles. The van der Waals surface area contributed by atoms with Crippen LogP contribution in [0.4, 0.5) is 11.4 Å². The van der Waals surface area contributed by atoms with Crippen molar-refractivity contribution in [1.29, 1.82) is 0 Å². The van der Waals surface area contributed by atoms with Crippen molar-refractivity contribution in [2.75, 3.05) is 49.9 Å². The highest BCUT2D eigenvalue weighted by atomic mass is 32.1. The number of aromatic nitrogens is 2. The van der Waals surface area contributed by atoms with E-state index in [9.17, 15) is 9.59 Å². The van der Waals surface area contributed by atoms with Crippen LogP contribution in [-0.2, 0) is 0 Å². The molecule has 0 saturated heterocycles. The molecular formula is C44H50N6O3S. The lowest BCUT2D eigenvalue weighted by Crippen LogP contribution is -2.29. The predicted molar refractivity (Wildman–Crippen MR) is 223 cm³/mol. The van der Waals surface area contributed by atoms with Crippen LogP contribution in [0, 0.1) is 0 Å². The van der Waals surface area contributed by atoms with E-state index < -0.39 is 0 Å². The summed E-state index contributed by atoms with van der Waals surface area (Å²) in [5, 5.41) is 12.0. The number of nitrogens with zero attached hydrogens (tertiary/aromatic N) is 2. The van der Waals surface area contributed by atoms with Gasteiger partial charge in [0.05, 0.1) is 11.8 Å². The van der Waals surface area contributed by atoms with Gasteiger partial charge in [0.1, 0.15) is 0 Å². The van der Waals surface area contributed by atoms with Crippen molar-refractivity contribution in [3.63, 3.8) is 0 Å². The molecule has 0 fully saturated rings. The number of fused-ring (bicyclic) bond motifs is 2. The van der Waals surface area contributed by atoms with Gasteiger partial charge in [0.25, 0.3) is 11.8 Å². The second-order valence-electron chi connectivity index (χ2n) is 14.0. The molecule has 6 heterocycles. The van der Waals surface area contributed by atoms with E-state index in [1.807, 2.05) is 47.2 Å². The molecule has 2 aliphatic rings. The fraction of sp³-hybridized carbons (Fsp3) is 0.318. The van der Waals surface area contributed by atoms with E-state index in [0.29, 0.717) is 11.3 Å². The van der Waals surface area contributed by atoms with Crippen LogP contribution in [0.15, 0.2) is 101 Å². The number of carbonyl (C=O) groups excluding carboxylic acids is 2. The quantitative estimate of drug-likeness (QED) is 0.0934. The van der Waals surface area contributed by atoms with E-state index in [2.05, 4.69) is 74.9 Å². The van der Waals surface area contributed by atoms with Crippen LogP contribution < -0.4 is 10.6 Å². The highest BCUT2D eigenvalue weighted by molar-refractivity contribution is 7.08. The second kappa shape index (κ2) is 17.8. The van der Waals surface area contributed by atoms with Crippen molar-refractivity contribution in [3.05, 3.63) is 119 Å². The van der Waals surface area contributed by atoms with E-state index in [1.54, 1.807) is 12.1 Å². The van der Waals surface area contributed by atoms with Crippen molar-refractivity contribution >= 4 is 67.5 Å².